The van der Waals surface area contributed by atoms with Crippen LogP contribution in [0.4, 0.5) is 0 Å². The molecule has 0 radical (unpaired) electrons. The average molecular weight is 376 g/mol. The van der Waals surface area contributed by atoms with E-state index in [-0.39, 0.29) is 5.91 Å². The minimum Gasteiger partial charge on any atom is -0.379 e. The first-order valence-corrected chi connectivity index (χ1v) is 9.92. The fraction of sp³-hybridized carbons (Fsp3) is 0.600. The monoisotopic (exact) mass is 375 g/mol. The summed E-state index contributed by atoms with van der Waals surface area (Å²) in [5.74, 6) is 0.768. The maximum absolute atomic E-state index is 12.1. The lowest BCUT2D eigenvalue weighted by molar-refractivity contribution is 0.0389. The summed E-state index contributed by atoms with van der Waals surface area (Å²) < 4.78 is 5.37. The van der Waals surface area contributed by atoms with Gasteiger partial charge in [0.15, 0.2) is 5.96 Å². The van der Waals surface area contributed by atoms with E-state index >= 15 is 0 Å². The van der Waals surface area contributed by atoms with Gasteiger partial charge in [0.05, 0.1) is 19.8 Å². The molecule has 2 rings (SSSR count). The molecule has 1 aromatic rings. The maximum atomic E-state index is 12.1. The zero-order valence-electron chi connectivity index (χ0n) is 16.6. The molecule has 7 heteroatoms. The number of hydrogen-bond acceptors (Lipinski definition) is 4. The van der Waals surface area contributed by atoms with Crippen LogP contribution >= 0.6 is 0 Å². The number of aliphatic imine (C=N–C) groups is 1. The van der Waals surface area contributed by atoms with Crippen molar-refractivity contribution < 1.29 is 9.53 Å². The highest BCUT2D eigenvalue weighted by atomic mass is 16.5. The number of nitrogens with zero attached hydrogens (tertiary/aromatic N) is 2. The van der Waals surface area contributed by atoms with Crippen LogP contribution < -0.4 is 16.0 Å². The van der Waals surface area contributed by atoms with E-state index in [1.54, 1.807) is 0 Å². The van der Waals surface area contributed by atoms with E-state index < -0.39 is 0 Å². The molecule has 1 amide bonds. The predicted molar refractivity (Wildman–Crippen MR) is 109 cm³/mol. The third kappa shape index (κ3) is 7.97. The molecule has 1 aromatic carbocycles. The summed E-state index contributed by atoms with van der Waals surface area (Å²) in [5, 5.41) is 9.56. The number of hydrogen-bond donors (Lipinski definition) is 3. The zero-order chi connectivity index (χ0) is 19.3. The number of guanidine groups is 1. The van der Waals surface area contributed by atoms with Crippen molar-refractivity contribution in [3.05, 3.63) is 35.4 Å². The van der Waals surface area contributed by atoms with Gasteiger partial charge in [-0.25, -0.2) is 4.99 Å². The Morgan fingerprint density at radius 2 is 1.96 bits per heavy atom. The van der Waals surface area contributed by atoms with Crippen LogP contribution in [0.1, 0.15) is 36.2 Å². The van der Waals surface area contributed by atoms with E-state index in [0.29, 0.717) is 18.7 Å². The van der Waals surface area contributed by atoms with Crippen molar-refractivity contribution in [2.45, 2.75) is 26.8 Å². The maximum Gasteiger partial charge on any atom is 0.251 e. The third-order valence-electron chi connectivity index (χ3n) is 4.31. The molecule has 0 bridgehead atoms. The average Bonchev–Trinajstić information content (AvgIpc) is 2.71. The number of carbonyl (C=O) groups excluding carboxylic acids is 1. The molecule has 0 spiro atoms. The molecule has 7 nitrogen and oxygen atoms in total. The summed E-state index contributed by atoms with van der Waals surface area (Å²) in [6, 6.07) is 7.65. The molecule has 27 heavy (non-hydrogen) atoms. The number of rotatable bonds is 9. The lowest BCUT2D eigenvalue weighted by Crippen LogP contribution is -2.44. The zero-order valence-corrected chi connectivity index (χ0v) is 16.6. The van der Waals surface area contributed by atoms with Crippen LogP contribution in [-0.4, -0.2) is 69.2 Å². The minimum absolute atomic E-state index is 0.0294. The number of benzene rings is 1. The van der Waals surface area contributed by atoms with E-state index in [1.165, 1.54) is 0 Å². The first-order chi connectivity index (χ1) is 13.2. The third-order valence-corrected chi connectivity index (χ3v) is 4.31. The van der Waals surface area contributed by atoms with E-state index in [2.05, 4.69) is 32.8 Å². The van der Waals surface area contributed by atoms with Crippen molar-refractivity contribution in [2.24, 2.45) is 4.99 Å². The Morgan fingerprint density at radius 3 is 2.70 bits per heavy atom. The highest BCUT2D eigenvalue weighted by molar-refractivity contribution is 5.94. The first kappa shape index (κ1) is 21.2. The van der Waals surface area contributed by atoms with Gasteiger partial charge in [0.1, 0.15) is 0 Å². The van der Waals surface area contributed by atoms with Gasteiger partial charge in [-0.15, -0.1) is 0 Å². The van der Waals surface area contributed by atoms with Crippen molar-refractivity contribution in [3.63, 3.8) is 0 Å². The molecule has 1 heterocycles. The standard InChI is InChI=1S/C20H33N5O2/c1-3-8-22-19(26)18-7-5-6-17(15-18)16-24-20(21-4-2)23-9-10-25-11-13-27-14-12-25/h5-7,15H,3-4,8-14,16H2,1-2H3,(H,22,26)(H2,21,23,24). The first-order valence-electron chi connectivity index (χ1n) is 9.92. The van der Waals surface area contributed by atoms with Gasteiger partial charge in [-0.1, -0.05) is 19.1 Å². The molecule has 150 valence electrons. The van der Waals surface area contributed by atoms with Gasteiger partial charge >= 0.3 is 0 Å². The van der Waals surface area contributed by atoms with E-state index in [9.17, 15) is 4.79 Å². The van der Waals surface area contributed by atoms with Crippen molar-refractivity contribution in [1.82, 2.24) is 20.9 Å². The largest absolute Gasteiger partial charge is 0.379 e. The summed E-state index contributed by atoms with van der Waals surface area (Å²) in [7, 11) is 0. The molecular formula is C20H33N5O2. The Labute approximate surface area is 162 Å². The smallest absolute Gasteiger partial charge is 0.251 e. The highest BCUT2D eigenvalue weighted by Crippen LogP contribution is 2.07. The van der Waals surface area contributed by atoms with E-state index in [1.807, 2.05) is 31.2 Å². The van der Waals surface area contributed by atoms with Gasteiger partial charge in [0, 0.05) is 44.8 Å². The predicted octanol–water partition coefficient (Wildman–Crippen LogP) is 1.21. The number of morpholine rings is 1. The van der Waals surface area contributed by atoms with Gasteiger partial charge in [0.25, 0.3) is 5.91 Å². The summed E-state index contributed by atoms with van der Waals surface area (Å²) in [5.41, 5.74) is 1.70. The Kier molecular flexibility index (Phi) is 9.65. The molecule has 1 saturated heterocycles. The van der Waals surface area contributed by atoms with Gasteiger partial charge < -0.3 is 20.7 Å². The Hall–Kier alpha value is -2.12. The fourth-order valence-corrected chi connectivity index (χ4v) is 2.82. The van der Waals surface area contributed by atoms with E-state index in [0.717, 1.165) is 63.9 Å². The van der Waals surface area contributed by atoms with Crippen LogP contribution in [0.5, 0.6) is 0 Å². The number of nitrogens with one attached hydrogen (secondary N) is 3. The molecule has 1 fully saturated rings. The Balaban J connectivity index is 1.86. The van der Waals surface area contributed by atoms with Crippen molar-refractivity contribution in [2.75, 3.05) is 52.5 Å². The Morgan fingerprint density at radius 1 is 1.15 bits per heavy atom. The number of ether oxygens (including phenoxy) is 1. The summed E-state index contributed by atoms with van der Waals surface area (Å²) in [6.07, 6.45) is 0.928. The van der Waals surface area contributed by atoms with Crippen LogP contribution in [0.25, 0.3) is 0 Å². The molecule has 0 atom stereocenters. The number of amides is 1. The SMILES string of the molecule is CCCNC(=O)c1cccc(CN=C(NCC)NCCN2CCOCC2)c1. The van der Waals surface area contributed by atoms with Crippen LogP contribution in [0.2, 0.25) is 0 Å². The lowest BCUT2D eigenvalue weighted by atomic mass is 10.1. The summed E-state index contributed by atoms with van der Waals surface area (Å²) in [6.45, 7) is 11.5. The minimum atomic E-state index is -0.0294. The van der Waals surface area contributed by atoms with E-state index in [4.69, 9.17) is 4.74 Å². The van der Waals surface area contributed by atoms with Gasteiger partial charge in [0.2, 0.25) is 0 Å². The molecule has 0 aromatic heterocycles. The van der Waals surface area contributed by atoms with Crippen molar-refractivity contribution in [3.8, 4) is 0 Å². The Bertz CT molecular complexity index is 600. The topological polar surface area (TPSA) is 78.0 Å². The summed E-state index contributed by atoms with van der Waals surface area (Å²) in [4.78, 5) is 19.1. The quantitative estimate of drug-likeness (QED) is 0.447. The highest BCUT2D eigenvalue weighted by Gasteiger charge is 2.10. The molecule has 0 unspecified atom stereocenters. The molecule has 0 aliphatic carbocycles. The van der Waals surface area contributed by atoms with Crippen molar-refractivity contribution in [1.29, 1.82) is 0 Å². The van der Waals surface area contributed by atoms with Crippen molar-refractivity contribution >= 4 is 11.9 Å². The molecule has 1 aliphatic heterocycles. The van der Waals surface area contributed by atoms with Gasteiger partial charge in [-0.05, 0) is 31.0 Å². The molecular weight excluding hydrogens is 342 g/mol. The second-order valence-electron chi connectivity index (χ2n) is 6.53. The van der Waals surface area contributed by atoms with Crippen LogP contribution in [0.3, 0.4) is 0 Å². The lowest BCUT2D eigenvalue weighted by Gasteiger charge is -2.26. The second-order valence-corrected chi connectivity index (χ2v) is 6.53. The number of carbonyl (C=O) groups is 1. The van der Waals surface area contributed by atoms with Gasteiger partial charge in [-0.3, -0.25) is 9.69 Å². The summed E-state index contributed by atoms with van der Waals surface area (Å²) >= 11 is 0. The van der Waals surface area contributed by atoms with Crippen LogP contribution in [0, 0.1) is 0 Å². The van der Waals surface area contributed by atoms with Gasteiger partial charge in [-0.2, -0.15) is 0 Å². The molecule has 3 N–H and O–H groups in total. The molecule has 1 aliphatic rings. The van der Waals surface area contributed by atoms with Crippen LogP contribution in [-0.2, 0) is 11.3 Å². The second kappa shape index (κ2) is 12.3. The normalized spacial score (nSPS) is 15.4. The van der Waals surface area contributed by atoms with Crippen LogP contribution in [0.15, 0.2) is 29.3 Å². The fourth-order valence-electron chi connectivity index (χ4n) is 2.82. The molecule has 0 saturated carbocycles.